The van der Waals surface area contributed by atoms with E-state index in [9.17, 15) is 4.79 Å². The third-order valence-electron chi connectivity index (χ3n) is 5.14. The minimum atomic E-state index is -0.527. The SMILES string of the molecule is CN=C(NCc1ccc(N2CCC(C)CC2)nc1)NCC(C)(C)NC(=O)OC(C)(C)C.I. The Labute approximate surface area is 210 Å². The molecule has 1 aliphatic rings. The molecule has 182 valence electrons. The molecule has 0 radical (unpaired) electrons. The number of anilines is 1. The maximum absolute atomic E-state index is 12.0. The maximum atomic E-state index is 12.0. The first-order valence-electron chi connectivity index (χ1n) is 11.1. The van der Waals surface area contributed by atoms with E-state index >= 15 is 0 Å². The molecule has 1 amide bonds. The lowest BCUT2D eigenvalue weighted by atomic mass is 9.99. The highest BCUT2D eigenvalue weighted by molar-refractivity contribution is 14.0. The topological polar surface area (TPSA) is 90.9 Å². The highest BCUT2D eigenvalue weighted by atomic mass is 127. The second-order valence-electron chi connectivity index (χ2n) is 9.98. The summed E-state index contributed by atoms with van der Waals surface area (Å²) in [6.07, 6.45) is 3.94. The van der Waals surface area contributed by atoms with Gasteiger partial charge in [-0.15, -0.1) is 24.0 Å². The van der Waals surface area contributed by atoms with Gasteiger partial charge in [-0.25, -0.2) is 9.78 Å². The highest BCUT2D eigenvalue weighted by Gasteiger charge is 2.24. The molecule has 0 aromatic carbocycles. The van der Waals surface area contributed by atoms with Gasteiger partial charge in [-0.2, -0.15) is 0 Å². The smallest absolute Gasteiger partial charge is 0.408 e. The van der Waals surface area contributed by atoms with Gasteiger partial charge in [-0.3, -0.25) is 4.99 Å². The van der Waals surface area contributed by atoms with E-state index in [1.807, 2.05) is 40.8 Å². The van der Waals surface area contributed by atoms with Crippen LogP contribution in [0, 0.1) is 5.92 Å². The number of alkyl carbamates (subject to hydrolysis) is 1. The van der Waals surface area contributed by atoms with Gasteiger partial charge in [-0.05, 0) is 65.0 Å². The summed E-state index contributed by atoms with van der Waals surface area (Å²) in [5.74, 6) is 2.52. The van der Waals surface area contributed by atoms with Crippen molar-refractivity contribution in [1.29, 1.82) is 0 Å². The molecular weight excluding hydrogens is 519 g/mol. The Balaban J connectivity index is 0.00000512. The van der Waals surface area contributed by atoms with Crippen molar-refractivity contribution in [2.75, 3.05) is 31.6 Å². The Morgan fingerprint density at radius 2 is 1.84 bits per heavy atom. The summed E-state index contributed by atoms with van der Waals surface area (Å²) in [5, 5.41) is 9.44. The monoisotopic (exact) mass is 560 g/mol. The predicted molar refractivity (Wildman–Crippen MR) is 142 cm³/mol. The van der Waals surface area contributed by atoms with Crippen LogP contribution < -0.4 is 20.9 Å². The molecule has 1 fully saturated rings. The van der Waals surface area contributed by atoms with Crippen LogP contribution in [0.25, 0.3) is 0 Å². The Hall–Kier alpha value is -1.78. The number of nitrogens with one attached hydrogen (secondary N) is 3. The van der Waals surface area contributed by atoms with Crippen LogP contribution in [-0.2, 0) is 11.3 Å². The fourth-order valence-corrected chi connectivity index (χ4v) is 3.28. The maximum Gasteiger partial charge on any atom is 0.408 e. The third-order valence-corrected chi connectivity index (χ3v) is 5.14. The van der Waals surface area contributed by atoms with Crippen molar-refractivity contribution in [1.82, 2.24) is 20.9 Å². The number of aliphatic imine (C=N–C) groups is 1. The minimum Gasteiger partial charge on any atom is -0.444 e. The van der Waals surface area contributed by atoms with E-state index in [2.05, 4.69) is 49.9 Å². The fraction of sp³-hybridized carbons (Fsp3) is 0.696. The number of hydrogen-bond donors (Lipinski definition) is 3. The van der Waals surface area contributed by atoms with E-state index in [1.165, 1.54) is 12.8 Å². The molecule has 1 aromatic rings. The lowest BCUT2D eigenvalue weighted by Crippen LogP contribution is -2.54. The number of ether oxygens (including phenoxy) is 1. The first kappa shape index (κ1) is 28.3. The number of nitrogens with zero attached hydrogens (tertiary/aromatic N) is 3. The zero-order chi connectivity index (χ0) is 23.1. The van der Waals surface area contributed by atoms with Crippen molar-refractivity contribution >= 4 is 41.8 Å². The Kier molecular flexibility index (Phi) is 11.0. The summed E-state index contributed by atoms with van der Waals surface area (Å²) >= 11 is 0. The number of guanidine groups is 1. The first-order chi connectivity index (χ1) is 14.5. The van der Waals surface area contributed by atoms with Crippen LogP contribution in [0.2, 0.25) is 0 Å². The number of pyridine rings is 1. The summed E-state index contributed by atoms with van der Waals surface area (Å²) in [7, 11) is 1.72. The number of amides is 1. The van der Waals surface area contributed by atoms with Crippen molar-refractivity contribution in [3.63, 3.8) is 0 Å². The molecule has 0 spiro atoms. The third kappa shape index (κ3) is 10.2. The van der Waals surface area contributed by atoms with Crippen LogP contribution in [-0.4, -0.2) is 54.9 Å². The molecular formula is C23H41IN6O2. The fourth-order valence-electron chi connectivity index (χ4n) is 3.28. The number of halogens is 1. The number of carbonyl (C=O) groups excluding carboxylic acids is 1. The van der Waals surface area contributed by atoms with Crippen LogP contribution in [0.3, 0.4) is 0 Å². The standard InChI is InChI=1S/C23H40N6O2.HI/c1-17-10-12-29(13-11-17)19-9-8-18(14-25-19)15-26-20(24-7)27-16-23(5,6)28-21(30)31-22(2,3)4;/h8-9,14,17H,10-13,15-16H2,1-7H3,(H,28,30)(H2,24,26,27);1H. The van der Waals surface area contributed by atoms with E-state index in [0.717, 1.165) is 30.4 Å². The van der Waals surface area contributed by atoms with E-state index in [0.29, 0.717) is 19.0 Å². The Morgan fingerprint density at radius 3 is 2.38 bits per heavy atom. The van der Waals surface area contributed by atoms with Crippen molar-refractivity contribution in [3.8, 4) is 0 Å². The molecule has 0 aliphatic carbocycles. The van der Waals surface area contributed by atoms with Gasteiger partial charge in [0, 0.05) is 39.4 Å². The Morgan fingerprint density at radius 1 is 1.19 bits per heavy atom. The average Bonchev–Trinajstić information content (AvgIpc) is 2.67. The zero-order valence-corrected chi connectivity index (χ0v) is 22.9. The second kappa shape index (κ2) is 12.5. The molecule has 2 rings (SSSR count). The van der Waals surface area contributed by atoms with Crippen molar-refractivity contribution in [2.24, 2.45) is 10.9 Å². The van der Waals surface area contributed by atoms with Gasteiger partial charge >= 0.3 is 6.09 Å². The Bertz CT molecular complexity index is 738. The molecule has 3 N–H and O–H groups in total. The number of piperidine rings is 1. The first-order valence-corrected chi connectivity index (χ1v) is 11.1. The number of rotatable bonds is 6. The lowest BCUT2D eigenvalue weighted by molar-refractivity contribution is 0.0474. The number of carbonyl (C=O) groups is 1. The van der Waals surface area contributed by atoms with Crippen LogP contribution >= 0.6 is 24.0 Å². The largest absolute Gasteiger partial charge is 0.444 e. The van der Waals surface area contributed by atoms with Gasteiger partial charge in [0.1, 0.15) is 11.4 Å². The number of hydrogen-bond acceptors (Lipinski definition) is 5. The average molecular weight is 561 g/mol. The van der Waals surface area contributed by atoms with Crippen LogP contribution in [0.4, 0.5) is 10.6 Å². The van der Waals surface area contributed by atoms with Crippen LogP contribution in [0.5, 0.6) is 0 Å². The van der Waals surface area contributed by atoms with E-state index in [4.69, 9.17) is 4.74 Å². The van der Waals surface area contributed by atoms with Crippen molar-refractivity contribution in [2.45, 2.75) is 72.1 Å². The normalized spacial score (nSPS) is 15.6. The molecule has 8 nitrogen and oxygen atoms in total. The predicted octanol–water partition coefficient (Wildman–Crippen LogP) is 3.90. The molecule has 0 bridgehead atoms. The summed E-state index contributed by atoms with van der Waals surface area (Å²) in [6.45, 7) is 15.0. The van der Waals surface area contributed by atoms with Crippen molar-refractivity contribution in [3.05, 3.63) is 23.9 Å². The molecule has 1 aromatic heterocycles. The zero-order valence-electron chi connectivity index (χ0n) is 20.6. The summed E-state index contributed by atoms with van der Waals surface area (Å²) in [5.41, 5.74) is 0.0549. The molecule has 32 heavy (non-hydrogen) atoms. The van der Waals surface area contributed by atoms with Gasteiger partial charge < -0.3 is 25.6 Å². The quantitative estimate of drug-likeness (QED) is 0.278. The molecule has 0 atom stereocenters. The summed E-state index contributed by atoms with van der Waals surface area (Å²) in [6, 6.07) is 4.20. The number of aromatic nitrogens is 1. The van der Waals surface area contributed by atoms with Gasteiger partial charge in [0.15, 0.2) is 5.96 Å². The summed E-state index contributed by atoms with van der Waals surface area (Å²) in [4.78, 5) is 23.3. The lowest BCUT2D eigenvalue weighted by Gasteiger charge is -2.31. The summed E-state index contributed by atoms with van der Waals surface area (Å²) < 4.78 is 5.34. The van der Waals surface area contributed by atoms with Gasteiger partial charge in [0.05, 0.1) is 5.54 Å². The second-order valence-corrected chi connectivity index (χ2v) is 9.98. The van der Waals surface area contributed by atoms with Crippen molar-refractivity contribution < 1.29 is 9.53 Å². The van der Waals surface area contributed by atoms with Gasteiger partial charge in [0.2, 0.25) is 0 Å². The molecule has 0 unspecified atom stereocenters. The van der Waals surface area contributed by atoms with E-state index in [-0.39, 0.29) is 24.0 Å². The minimum absolute atomic E-state index is 0. The highest BCUT2D eigenvalue weighted by Crippen LogP contribution is 2.21. The van der Waals surface area contributed by atoms with Gasteiger partial charge in [-0.1, -0.05) is 13.0 Å². The van der Waals surface area contributed by atoms with Gasteiger partial charge in [0.25, 0.3) is 0 Å². The molecule has 0 saturated carbocycles. The van der Waals surface area contributed by atoms with Crippen LogP contribution in [0.15, 0.2) is 23.3 Å². The molecule has 1 aliphatic heterocycles. The van der Waals surface area contributed by atoms with E-state index < -0.39 is 17.2 Å². The van der Waals surface area contributed by atoms with E-state index in [1.54, 1.807) is 7.05 Å². The molecule has 1 saturated heterocycles. The molecule has 2 heterocycles. The van der Waals surface area contributed by atoms with Crippen LogP contribution in [0.1, 0.15) is 59.9 Å². The molecule has 9 heteroatoms.